The topological polar surface area (TPSA) is 51.5 Å². The molecule has 0 spiro atoms. The lowest BCUT2D eigenvalue weighted by molar-refractivity contribution is 0.0697. The second-order valence-corrected chi connectivity index (χ2v) is 5.79. The summed E-state index contributed by atoms with van der Waals surface area (Å²) in [6.07, 6.45) is 2.05. The first-order valence-corrected chi connectivity index (χ1v) is 7.61. The first-order valence-electron chi connectivity index (χ1n) is 7.61. The summed E-state index contributed by atoms with van der Waals surface area (Å²) in [5, 5.41) is 10.1. The van der Waals surface area contributed by atoms with Gasteiger partial charge < -0.3 is 14.4 Å². The van der Waals surface area contributed by atoms with E-state index in [1.807, 2.05) is 42.6 Å². The van der Waals surface area contributed by atoms with Crippen LogP contribution in [0, 0.1) is 0 Å². The highest BCUT2D eigenvalue weighted by atomic mass is 16.5. The zero-order chi connectivity index (χ0) is 16.4. The van der Waals surface area contributed by atoms with Crippen LogP contribution in [0.2, 0.25) is 0 Å². The molecule has 2 aromatic carbocycles. The van der Waals surface area contributed by atoms with Gasteiger partial charge in [0.15, 0.2) is 0 Å². The molecule has 0 bridgehead atoms. The Kier molecular flexibility index (Phi) is 4.06. The van der Waals surface area contributed by atoms with E-state index in [0.717, 1.165) is 22.2 Å². The van der Waals surface area contributed by atoms with Crippen molar-refractivity contribution in [2.75, 3.05) is 0 Å². The Balaban J connectivity index is 2.00. The maximum absolute atomic E-state index is 11.2. The van der Waals surface area contributed by atoms with Crippen LogP contribution in [0.1, 0.15) is 35.8 Å². The number of carbonyl (C=O) groups is 1. The number of hydrogen-bond donors (Lipinski definition) is 1. The maximum atomic E-state index is 11.2. The molecule has 0 atom stereocenters. The first kappa shape index (κ1) is 15.2. The highest BCUT2D eigenvalue weighted by Gasteiger charge is 2.13. The van der Waals surface area contributed by atoms with Gasteiger partial charge in [-0.2, -0.15) is 0 Å². The molecule has 4 heteroatoms. The molecule has 0 saturated carbocycles. The number of nitrogens with zero attached hydrogens (tertiary/aromatic N) is 1. The summed E-state index contributed by atoms with van der Waals surface area (Å²) in [7, 11) is 0. The highest BCUT2D eigenvalue weighted by molar-refractivity contribution is 5.95. The fourth-order valence-electron chi connectivity index (χ4n) is 2.68. The average molecular weight is 309 g/mol. The molecule has 0 aliphatic rings. The van der Waals surface area contributed by atoms with Gasteiger partial charge in [0, 0.05) is 28.7 Å². The smallest absolute Gasteiger partial charge is 0.335 e. The number of aromatic carboxylic acids is 1. The van der Waals surface area contributed by atoms with E-state index in [-0.39, 0.29) is 0 Å². The minimum Gasteiger partial charge on any atom is -0.489 e. The molecule has 0 unspecified atom stereocenters. The number of para-hydroxylation sites is 1. The number of fused-ring (bicyclic) bond motifs is 1. The van der Waals surface area contributed by atoms with Gasteiger partial charge in [0.05, 0.1) is 5.56 Å². The second kappa shape index (κ2) is 6.16. The summed E-state index contributed by atoms with van der Waals surface area (Å²) in [5.41, 5.74) is 2.30. The molecule has 1 heterocycles. The van der Waals surface area contributed by atoms with Crippen molar-refractivity contribution in [3.8, 4) is 5.75 Å². The molecule has 23 heavy (non-hydrogen) atoms. The van der Waals surface area contributed by atoms with Crippen LogP contribution in [0.4, 0.5) is 0 Å². The van der Waals surface area contributed by atoms with Gasteiger partial charge in [0.2, 0.25) is 0 Å². The van der Waals surface area contributed by atoms with E-state index in [2.05, 4.69) is 18.4 Å². The number of carboxylic acids is 1. The first-order chi connectivity index (χ1) is 11.1. The molecule has 0 fully saturated rings. The van der Waals surface area contributed by atoms with E-state index in [0.29, 0.717) is 18.2 Å². The second-order valence-electron chi connectivity index (χ2n) is 5.79. The number of ether oxygens (including phenoxy) is 1. The van der Waals surface area contributed by atoms with Crippen molar-refractivity contribution in [1.29, 1.82) is 0 Å². The molecule has 4 nitrogen and oxygen atoms in total. The third-order valence-electron chi connectivity index (χ3n) is 3.86. The zero-order valence-corrected chi connectivity index (χ0v) is 13.2. The average Bonchev–Trinajstić information content (AvgIpc) is 2.92. The van der Waals surface area contributed by atoms with Crippen molar-refractivity contribution in [3.63, 3.8) is 0 Å². The number of aromatic nitrogens is 1. The van der Waals surface area contributed by atoms with Crippen LogP contribution in [0.5, 0.6) is 5.75 Å². The molecule has 0 amide bonds. The Morgan fingerprint density at radius 1 is 1.17 bits per heavy atom. The summed E-state index contributed by atoms with van der Waals surface area (Å²) >= 11 is 0. The van der Waals surface area contributed by atoms with Crippen LogP contribution < -0.4 is 4.74 Å². The van der Waals surface area contributed by atoms with Gasteiger partial charge in [0.25, 0.3) is 0 Å². The lowest BCUT2D eigenvalue weighted by atomic mass is 10.1. The zero-order valence-electron chi connectivity index (χ0n) is 13.2. The molecular weight excluding hydrogens is 290 g/mol. The molecule has 1 aromatic heterocycles. The normalized spacial score (nSPS) is 11.1. The Labute approximate surface area is 134 Å². The largest absolute Gasteiger partial charge is 0.489 e. The Morgan fingerprint density at radius 3 is 2.57 bits per heavy atom. The Hall–Kier alpha value is -2.75. The molecule has 0 aliphatic carbocycles. The lowest BCUT2D eigenvalue weighted by Gasteiger charge is -2.08. The van der Waals surface area contributed by atoms with E-state index in [1.165, 1.54) is 0 Å². The van der Waals surface area contributed by atoms with E-state index in [4.69, 9.17) is 4.74 Å². The summed E-state index contributed by atoms with van der Waals surface area (Å²) in [4.78, 5) is 11.2. The van der Waals surface area contributed by atoms with Crippen molar-refractivity contribution in [1.82, 2.24) is 4.57 Å². The summed E-state index contributed by atoms with van der Waals surface area (Å²) in [6, 6.07) is 15.1. The minimum atomic E-state index is -0.917. The van der Waals surface area contributed by atoms with Crippen LogP contribution in [0.3, 0.4) is 0 Å². The molecular formula is C19H19NO3. The number of hydrogen-bond acceptors (Lipinski definition) is 2. The van der Waals surface area contributed by atoms with Crippen LogP contribution in [0.15, 0.2) is 54.7 Å². The summed E-state index contributed by atoms with van der Waals surface area (Å²) < 4.78 is 7.98. The van der Waals surface area contributed by atoms with Crippen LogP contribution >= 0.6 is 0 Å². The predicted molar refractivity (Wildman–Crippen MR) is 90.1 cm³/mol. The van der Waals surface area contributed by atoms with Crippen LogP contribution in [-0.2, 0) is 6.61 Å². The van der Waals surface area contributed by atoms with Crippen molar-refractivity contribution in [2.45, 2.75) is 26.5 Å². The SMILES string of the molecule is CC(C)n1cc(COc2ccccc2)c2cc(C(=O)O)ccc21. The fourth-order valence-corrected chi connectivity index (χ4v) is 2.68. The van der Waals surface area contributed by atoms with Crippen molar-refractivity contribution < 1.29 is 14.6 Å². The minimum absolute atomic E-state index is 0.290. The Bertz CT molecular complexity index is 834. The third-order valence-corrected chi connectivity index (χ3v) is 3.86. The van der Waals surface area contributed by atoms with Gasteiger partial charge in [-0.1, -0.05) is 18.2 Å². The van der Waals surface area contributed by atoms with Gasteiger partial charge in [-0.25, -0.2) is 4.79 Å². The lowest BCUT2D eigenvalue weighted by Crippen LogP contribution is -1.99. The van der Waals surface area contributed by atoms with Crippen LogP contribution in [-0.4, -0.2) is 15.6 Å². The third kappa shape index (κ3) is 3.06. The monoisotopic (exact) mass is 309 g/mol. The molecule has 3 aromatic rings. The van der Waals surface area contributed by atoms with Gasteiger partial charge >= 0.3 is 5.97 Å². The summed E-state index contributed by atoms with van der Waals surface area (Å²) in [5.74, 6) is -0.119. The van der Waals surface area contributed by atoms with Crippen molar-refractivity contribution in [2.24, 2.45) is 0 Å². The molecule has 0 saturated heterocycles. The predicted octanol–water partition coefficient (Wildman–Crippen LogP) is 4.50. The van der Waals surface area contributed by atoms with Gasteiger partial charge in [-0.15, -0.1) is 0 Å². The molecule has 0 aliphatic heterocycles. The maximum Gasteiger partial charge on any atom is 0.335 e. The standard InChI is InChI=1S/C19H19NO3/c1-13(2)20-11-15(12-23-16-6-4-3-5-7-16)17-10-14(19(21)22)8-9-18(17)20/h3-11,13H,12H2,1-2H3,(H,21,22). The molecule has 0 radical (unpaired) electrons. The number of benzene rings is 2. The van der Waals surface area contributed by atoms with Crippen molar-refractivity contribution in [3.05, 3.63) is 65.9 Å². The Morgan fingerprint density at radius 2 is 1.91 bits per heavy atom. The van der Waals surface area contributed by atoms with E-state index >= 15 is 0 Å². The van der Waals surface area contributed by atoms with Gasteiger partial charge in [-0.3, -0.25) is 0 Å². The fraction of sp³-hybridized carbons (Fsp3) is 0.211. The van der Waals surface area contributed by atoms with Crippen molar-refractivity contribution >= 4 is 16.9 Å². The van der Waals surface area contributed by atoms with E-state index < -0.39 is 5.97 Å². The number of carboxylic acid groups (broad SMARTS) is 1. The van der Waals surface area contributed by atoms with E-state index in [1.54, 1.807) is 12.1 Å². The summed E-state index contributed by atoms with van der Waals surface area (Å²) in [6.45, 7) is 4.61. The molecule has 3 rings (SSSR count). The van der Waals surface area contributed by atoms with Gasteiger partial charge in [0.1, 0.15) is 12.4 Å². The molecule has 118 valence electrons. The van der Waals surface area contributed by atoms with E-state index in [9.17, 15) is 9.90 Å². The van der Waals surface area contributed by atoms with Gasteiger partial charge in [-0.05, 0) is 44.2 Å². The molecule has 1 N–H and O–H groups in total. The quantitative estimate of drug-likeness (QED) is 0.755. The number of rotatable bonds is 5. The van der Waals surface area contributed by atoms with Crippen LogP contribution in [0.25, 0.3) is 10.9 Å². The highest BCUT2D eigenvalue weighted by Crippen LogP contribution is 2.27.